The summed E-state index contributed by atoms with van der Waals surface area (Å²) in [4.78, 5) is 16.2. The van der Waals surface area contributed by atoms with E-state index in [-0.39, 0.29) is 0 Å². The maximum atomic E-state index is 11.9. The maximum absolute atomic E-state index is 11.9. The lowest BCUT2D eigenvalue weighted by molar-refractivity contribution is -0.118. The molecule has 0 bridgehead atoms. The van der Waals surface area contributed by atoms with Gasteiger partial charge in [-0.3, -0.25) is 4.79 Å². The van der Waals surface area contributed by atoms with E-state index in [1.807, 2.05) is 12.3 Å². The fraction of sp³-hybridized carbons (Fsp3) is 0.714. The summed E-state index contributed by atoms with van der Waals surface area (Å²) < 4.78 is 0. The molecule has 0 saturated carbocycles. The topological polar surface area (TPSA) is 56.0 Å². The van der Waals surface area contributed by atoms with Crippen molar-refractivity contribution in [2.75, 3.05) is 6.54 Å². The van der Waals surface area contributed by atoms with Gasteiger partial charge in [0.25, 0.3) is 0 Å². The number of aryl methyl sites for hydroxylation is 1. The Bertz CT molecular complexity index is 356. The lowest BCUT2D eigenvalue weighted by Crippen LogP contribution is -2.11. The predicted molar refractivity (Wildman–Crippen MR) is 76.9 cm³/mol. The molecule has 1 rings (SSSR count). The van der Waals surface area contributed by atoms with E-state index >= 15 is 0 Å². The van der Waals surface area contributed by atoms with Gasteiger partial charge >= 0.3 is 0 Å². The van der Waals surface area contributed by atoms with Crippen molar-refractivity contribution in [1.82, 2.24) is 4.98 Å². The van der Waals surface area contributed by atoms with Crippen LogP contribution in [0.4, 0.5) is 0 Å². The number of carbonyl (C=O) groups is 1. The van der Waals surface area contributed by atoms with Crippen LogP contribution in [0.1, 0.15) is 49.7 Å². The van der Waals surface area contributed by atoms with Gasteiger partial charge in [-0.2, -0.15) is 0 Å². The molecular formula is C14H24N2OS. The van der Waals surface area contributed by atoms with E-state index < -0.39 is 0 Å². The van der Waals surface area contributed by atoms with Gasteiger partial charge in [-0.05, 0) is 32.2 Å². The highest BCUT2D eigenvalue weighted by Gasteiger charge is 2.11. The summed E-state index contributed by atoms with van der Waals surface area (Å²) in [6.07, 6.45) is 5.54. The van der Waals surface area contributed by atoms with Gasteiger partial charge < -0.3 is 5.73 Å². The molecule has 1 atom stereocenters. The number of hydrogen-bond donors (Lipinski definition) is 1. The molecule has 1 aromatic rings. The SMILES string of the molecule is CCCC(CCN)CCC(=O)Cc1nc(C)cs1. The first-order valence-electron chi connectivity index (χ1n) is 6.78. The molecule has 102 valence electrons. The van der Waals surface area contributed by atoms with Crippen LogP contribution in [0.3, 0.4) is 0 Å². The summed E-state index contributed by atoms with van der Waals surface area (Å²) in [7, 11) is 0. The third kappa shape index (κ3) is 5.74. The number of carbonyl (C=O) groups excluding carboxylic acids is 1. The first-order valence-corrected chi connectivity index (χ1v) is 7.66. The number of nitrogens with two attached hydrogens (primary N) is 1. The zero-order chi connectivity index (χ0) is 13.4. The van der Waals surface area contributed by atoms with Crippen LogP contribution in [0.2, 0.25) is 0 Å². The number of rotatable bonds is 9. The van der Waals surface area contributed by atoms with Crippen molar-refractivity contribution in [3.05, 3.63) is 16.1 Å². The molecule has 18 heavy (non-hydrogen) atoms. The minimum absolute atomic E-state index is 0.308. The Balaban J connectivity index is 2.30. The van der Waals surface area contributed by atoms with Gasteiger partial charge in [0.2, 0.25) is 0 Å². The van der Waals surface area contributed by atoms with Crippen LogP contribution in [-0.4, -0.2) is 17.3 Å². The molecule has 4 heteroatoms. The van der Waals surface area contributed by atoms with E-state index in [0.29, 0.717) is 24.5 Å². The van der Waals surface area contributed by atoms with Crippen LogP contribution in [0, 0.1) is 12.8 Å². The van der Waals surface area contributed by atoms with E-state index in [2.05, 4.69) is 11.9 Å². The lowest BCUT2D eigenvalue weighted by atomic mass is 9.93. The molecule has 1 aromatic heterocycles. The highest BCUT2D eigenvalue weighted by molar-refractivity contribution is 7.09. The lowest BCUT2D eigenvalue weighted by Gasteiger charge is -2.13. The van der Waals surface area contributed by atoms with Crippen LogP contribution in [0.25, 0.3) is 0 Å². The smallest absolute Gasteiger partial charge is 0.139 e. The minimum atomic E-state index is 0.308. The predicted octanol–water partition coefficient (Wildman–Crippen LogP) is 3.11. The highest BCUT2D eigenvalue weighted by Crippen LogP contribution is 2.18. The Hall–Kier alpha value is -0.740. The zero-order valence-electron chi connectivity index (χ0n) is 11.4. The first kappa shape index (κ1) is 15.3. The normalized spacial score (nSPS) is 12.6. The van der Waals surface area contributed by atoms with Crippen LogP contribution in [-0.2, 0) is 11.2 Å². The van der Waals surface area contributed by atoms with Gasteiger partial charge in [0, 0.05) is 17.5 Å². The van der Waals surface area contributed by atoms with Crippen molar-refractivity contribution in [2.24, 2.45) is 11.7 Å². The van der Waals surface area contributed by atoms with Gasteiger partial charge in [-0.25, -0.2) is 4.98 Å². The van der Waals surface area contributed by atoms with Crippen LogP contribution < -0.4 is 5.73 Å². The molecule has 0 fully saturated rings. The molecular weight excluding hydrogens is 244 g/mol. The average Bonchev–Trinajstić information content (AvgIpc) is 2.72. The molecule has 1 heterocycles. The van der Waals surface area contributed by atoms with Crippen molar-refractivity contribution in [1.29, 1.82) is 0 Å². The Kier molecular flexibility index (Phi) is 7.13. The summed E-state index contributed by atoms with van der Waals surface area (Å²) in [6.45, 7) is 4.87. The first-order chi connectivity index (χ1) is 8.65. The Morgan fingerprint density at radius 3 is 2.78 bits per heavy atom. The quantitative estimate of drug-likeness (QED) is 0.748. The zero-order valence-corrected chi connectivity index (χ0v) is 12.3. The number of thiazole rings is 1. The number of aromatic nitrogens is 1. The van der Waals surface area contributed by atoms with Crippen molar-refractivity contribution < 1.29 is 4.79 Å². The molecule has 2 N–H and O–H groups in total. The van der Waals surface area contributed by atoms with Crippen molar-refractivity contribution in [2.45, 2.75) is 52.4 Å². The number of nitrogens with zero attached hydrogens (tertiary/aromatic N) is 1. The van der Waals surface area contributed by atoms with Crippen LogP contribution >= 0.6 is 11.3 Å². The molecule has 3 nitrogen and oxygen atoms in total. The largest absolute Gasteiger partial charge is 0.330 e. The highest BCUT2D eigenvalue weighted by atomic mass is 32.1. The molecule has 0 saturated heterocycles. The minimum Gasteiger partial charge on any atom is -0.330 e. The molecule has 0 radical (unpaired) electrons. The third-order valence-electron chi connectivity index (χ3n) is 3.12. The third-order valence-corrected chi connectivity index (χ3v) is 4.08. The molecule has 0 amide bonds. The maximum Gasteiger partial charge on any atom is 0.139 e. The fourth-order valence-electron chi connectivity index (χ4n) is 2.18. The van der Waals surface area contributed by atoms with Gasteiger partial charge in [0.05, 0.1) is 6.42 Å². The number of ketones is 1. The van der Waals surface area contributed by atoms with Crippen LogP contribution in [0.5, 0.6) is 0 Å². The monoisotopic (exact) mass is 268 g/mol. The fourth-order valence-corrected chi connectivity index (χ4v) is 2.98. The average molecular weight is 268 g/mol. The van der Waals surface area contributed by atoms with Gasteiger partial charge in [0.1, 0.15) is 10.8 Å². The molecule has 0 aromatic carbocycles. The summed E-state index contributed by atoms with van der Waals surface area (Å²) in [5.74, 6) is 0.921. The molecule has 0 aliphatic heterocycles. The molecule has 1 unspecified atom stereocenters. The van der Waals surface area contributed by atoms with Crippen molar-refractivity contribution in [3.63, 3.8) is 0 Å². The van der Waals surface area contributed by atoms with Crippen molar-refractivity contribution in [3.8, 4) is 0 Å². The van der Waals surface area contributed by atoms with E-state index in [9.17, 15) is 4.79 Å². The van der Waals surface area contributed by atoms with Crippen LogP contribution in [0.15, 0.2) is 5.38 Å². The standard InChI is InChI=1S/C14H24N2OS/c1-3-4-12(7-8-15)5-6-13(17)9-14-16-11(2)10-18-14/h10,12H,3-9,15H2,1-2H3. The summed E-state index contributed by atoms with van der Waals surface area (Å²) >= 11 is 1.58. The Labute approximate surface area is 114 Å². The van der Waals surface area contributed by atoms with E-state index in [1.165, 1.54) is 12.8 Å². The van der Waals surface area contributed by atoms with E-state index in [0.717, 1.165) is 30.1 Å². The van der Waals surface area contributed by atoms with E-state index in [1.54, 1.807) is 11.3 Å². The second kappa shape index (κ2) is 8.38. The summed E-state index contributed by atoms with van der Waals surface area (Å²) in [5, 5.41) is 2.94. The second-order valence-corrected chi connectivity index (χ2v) is 5.81. The molecule has 0 aliphatic carbocycles. The summed E-state index contributed by atoms with van der Waals surface area (Å²) in [6, 6.07) is 0. The van der Waals surface area contributed by atoms with Gasteiger partial charge in [0.15, 0.2) is 0 Å². The van der Waals surface area contributed by atoms with Gasteiger partial charge in [-0.1, -0.05) is 19.8 Å². The van der Waals surface area contributed by atoms with Gasteiger partial charge in [-0.15, -0.1) is 11.3 Å². The Morgan fingerprint density at radius 1 is 1.44 bits per heavy atom. The molecule has 0 aliphatic rings. The second-order valence-electron chi connectivity index (χ2n) is 4.87. The van der Waals surface area contributed by atoms with E-state index in [4.69, 9.17) is 5.73 Å². The number of Topliss-reactive ketones (excluding diaryl/α,β-unsaturated/α-hetero) is 1. The van der Waals surface area contributed by atoms with Crippen molar-refractivity contribution >= 4 is 17.1 Å². The Morgan fingerprint density at radius 2 is 2.22 bits per heavy atom. The number of hydrogen-bond acceptors (Lipinski definition) is 4. The molecule has 0 spiro atoms. The summed E-state index contributed by atoms with van der Waals surface area (Å²) in [5.41, 5.74) is 6.61.